The Kier molecular flexibility index (Phi) is 5.53. The van der Waals surface area contributed by atoms with E-state index in [0.717, 1.165) is 16.8 Å². The molecule has 0 radical (unpaired) electrons. The Morgan fingerprint density at radius 1 is 1.12 bits per heavy atom. The van der Waals surface area contributed by atoms with Crippen LogP contribution in [0, 0.1) is 0 Å². The number of hydrogen-bond donors (Lipinski definition) is 1. The van der Waals surface area contributed by atoms with Crippen LogP contribution in [-0.4, -0.2) is 29.9 Å². The summed E-state index contributed by atoms with van der Waals surface area (Å²) < 4.78 is 12.3. The van der Waals surface area contributed by atoms with Crippen LogP contribution in [0.25, 0.3) is 5.69 Å². The van der Waals surface area contributed by atoms with Crippen LogP contribution in [0.5, 0.6) is 11.5 Å². The molecule has 0 aliphatic carbocycles. The SMILES string of the molecule is COc1ccc(OC)c(CC(=O)NCc2cnn(-c3ccccc3)c2)c1. The highest BCUT2D eigenvalue weighted by atomic mass is 16.5. The van der Waals surface area contributed by atoms with Gasteiger partial charge in [0.05, 0.1) is 32.5 Å². The van der Waals surface area contributed by atoms with E-state index < -0.39 is 0 Å². The number of rotatable bonds is 7. The van der Waals surface area contributed by atoms with Crippen molar-refractivity contribution in [3.63, 3.8) is 0 Å². The highest BCUT2D eigenvalue weighted by Crippen LogP contribution is 2.24. The molecule has 26 heavy (non-hydrogen) atoms. The number of ether oxygens (including phenoxy) is 2. The lowest BCUT2D eigenvalue weighted by Crippen LogP contribution is -2.24. The first-order valence-corrected chi connectivity index (χ1v) is 8.26. The summed E-state index contributed by atoms with van der Waals surface area (Å²) in [6.07, 6.45) is 3.87. The minimum atomic E-state index is -0.0935. The lowest BCUT2D eigenvalue weighted by molar-refractivity contribution is -0.120. The van der Waals surface area contributed by atoms with Gasteiger partial charge in [-0.1, -0.05) is 18.2 Å². The van der Waals surface area contributed by atoms with Gasteiger partial charge in [0.2, 0.25) is 5.91 Å². The summed E-state index contributed by atoms with van der Waals surface area (Å²) >= 11 is 0. The number of methoxy groups -OCH3 is 2. The van der Waals surface area contributed by atoms with Crippen molar-refractivity contribution < 1.29 is 14.3 Å². The molecule has 1 heterocycles. The normalized spacial score (nSPS) is 10.4. The van der Waals surface area contributed by atoms with E-state index in [2.05, 4.69) is 10.4 Å². The molecule has 1 aromatic heterocycles. The van der Waals surface area contributed by atoms with Crippen LogP contribution in [0.1, 0.15) is 11.1 Å². The zero-order valence-corrected chi connectivity index (χ0v) is 14.8. The van der Waals surface area contributed by atoms with E-state index in [1.54, 1.807) is 37.2 Å². The zero-order valence-electron chi connectivity index (χ0n) is 14.8. The van der Waals surface area contributed by atoms with E-state index in [1.165, 1.54) is 0 Å². The largest absolute Gasteiger partial charge is 0.497 e. The third-order valence-electron chi connectivity index (χ3n) is 3.99. The molecule has 0 aliphatic rings. The molecule has 0 aliphatic heterocycles. The Bertz CT molecular complexity index is 875. The van der Waals surface area contributed by atoms with Gasteiger partial charge in [0.15, 0.2) is 0 Å². The predicted molar refractivity (Wildman–Crippen MR) is 98.7 cm³/mol. The molecule has 2 aromatic carbocycles. The quantitative estimate of drug-likeness (QED) is 0.711. The topological polar surface area (TPSA) is 65.4 Å². The lowest BCUT2D eigenvalue weighted by Gasteiger charge is -2.10. The Morgan fingerprint density at radius 2 is 1.92 bits per heavy atom. The van der Waals surface area contributed by atoms with Crippen molar-refractivity contribution in [3.8, 4) is 17.2 Å². The number of carbonyl (C=O) groups excluding carboxylic acids is 1. The first-order valence-electron chi connectivity index (χ1n) is 8.26. The Balaban J connectivity index is 1.61. The molecule has 0 atom stereocenters. The van der Waals surface area contributed by atoms with Crippen LogP contribution >= 0.6 is 0 Å². The summed E-state index contributed by atoms with van der Waals surface area (Å²) in [7, 11) is 3.18. The smallest absolute Gasteiger partial charge is 0.224 e. The van der Waals surface area contributed by atoms with Crippen molar-refractivity contribution in [2.45, 2.75) is 13.0 Å². The van der Waals surface area contributed by atoms with Crippen molar-refractivity contribution in [1.29, 1.82) is 0 Å². The molecular formula is C20H21N3O3. The van der Waals surface area contributed by atoms with E-state index in [4.69, 9.17) is 9.47 Å². The number of para-hydroxylation sites is 1. The number of amides is 1. The fourth-order valence-corrected chi connectivity index (χ4v) is 2.63. The molecule has 0 unspecified atom stereocenters. The molecule has 3 rings (SSSR count). The van der Waals surface area contributed by atoms with Crippen molar-refractivity contribution in [3.05, 3.63) is 72.1 Å². The molecule has 6 heteroatoms. The van der Waals surface area contributed by atoms with Gasteiger partial charge in [-0.25, -0.2) is 4.68 Å². The van der Waals surface area contributed by atoms with Crippen LogP contribution in [0.4, 0.5) is 0 Å². The summed E-state index contributed by atoms with van der Waals surface area (Å²) in [5.41, 5.74) is 2.69. The van der Waals surface area contributed by atoms with Gasteiger partial charge in [-0.2, -0.15) is 5.10 Å². The summed E-state index contributed by atoms with van der Waals surface area (Å²) in [4.78, 5) is 12.3. The summed E-state index contributed by atoms with van der Waals surface area (Å²) in [5, 5.41) is 7.24. The maximum atomic E-state index is 12.3. The number of nitrogens with one attached hydrogen (secondary N) is 1. The summed E-state index contributed by atoms with van der Waals surface area (Å²) in [6, 6.07) is 15.2. The van der Waals surface area contributed by atoms with Gasteiger partial charge in [0.1, 0.15) is 11.5 Å². The number of carbonyl (C=O) groups is 1. The van der Waals surface area contributed by atoms with Gasteiger partial charge < -0.3 is 14.8 Å². The maximum Gasteiger partial charge on any atom is 0.224 e. The van der Waals surface area contributed by atoms with Crippen LogP contribution < -0.4 is 14.8 Å². The third-order valence-corrected chi connectivity index (χ3v) is 3.99. The Labute approximate surface area is 152 Å². The second-order valence-electron chi connectivity index (χ2n) is 5.76. The molecule has 0 bridgehead atoms. The molecule has 6 nitrogen and oxygen atoms in total. The average molecular weight is 351 g/mol. The number of benzene rings is 2. The summed E-state index contributed by atoms with van der Waals surface area (Å²) in [5.74, 6) is 1.26. The van der Waals surface area contributed by atoms with Gasteiger partial charge in [0, 0.05) is 23.9 Å². The number of nitrogens with zero attached hydrogens (tertiary/aromatic N) is 2. The van der Waals surface area contributed by atoms with Gasteiger partial charge in [-0.15, -0.1) is 0 Å². The van der Waals surface area contributed by atoms with Gasteiger partial charge >= 0.3 is 0 Å². The molecule has 0 spiro atoms. The summed E-state index contributed by atoms with van der Waals surface area (Å²) in [6.45, 7) is 0.415. The highest BCUT2D eigenvalue weighted by molar-refractivity contribution is 5.79. The van der Waals surface area contributed by atoms with Crippen molar-refractivity contribution in [1.82, 2.24) is 15.1 Å². The second-order valence-corrected chi connectivity index (χ2v) is 5.76. The Morgan fingerprint density at radius 3 is 2.65 bits per heavy atom. The molecule has 1 amide bonds. The van der Waals surface area contributed by atoms with E-state index in [-0.39, 0.29) is 12.3 Å². The van der Waals surface area contributed by atoms with Crippen LogP contribution in [-0.2, 0) is 17.8 Å². The fourth-order valence-electron chi connectivity index (χ4n) is 2.63. The van der Waals surface area contributed by atoms with Crippen LogP contribution in [0.2, 0.25) is 0 Å². The van der Waals surface area contributed by atoms with E-state index in [9.17, 15) is 4.79 Å². The molecule has 1 N–H and O–H groups in total. The van der Waals surface area contributed by atoms with Crippen molar-refractivity contribution in [2.75, 3.05) is 14.2 Å². The molecule has 0 fully saturated rings. The first-order chi connectivity index (χ1) is 12.7. The van der Waals surface area contributed by atoms with Crippen molar-refractivity contribution >= 4 is 5.91 Å². The fraction of sp³-hybridized carbons (Fsp3) is 0.200. The minimum Gasteiger partial charge on any atom is -0.497 e. The molecule has 0 saturated heterocycles. The highest BCUT2D eigenvalue weighted by Gasteiger charge is 2.11. The number of aromatic nitrogens is 2. The van der Waals surface area contributed by atoms with E-state index >= 15 is 0 Å². The average Bonchev–Trinajstić information content (AvgIpc) is 3.16. The van der Waals surface area contributed by atoms with Crippen LogP contribution in [0.3, 0.4) is 0 Å². The standard InChI is InChI=1S/C20H21N3O3/c1-25-18-8-9-19(26-2)16(10-18)11-20(24)21-12-15-13-22-23(14-15)17-6-4-3-5-7-17/h3-10,13-14H,11-12H2,1-2H3,(H,21,24). The lowest BCUT2D eigenvalue weighted by atomic mass is 10.1. The van der Waals surface area contributed by atoms with E-state index in [1.807, 2.05) is 42.6 Å². The monoisotopic (exact) mass is 351 g/mol. The predicted octanol–water partition coefficient (Wildman–Crippen LogP) is 2.75. The van der Waals surface area contributed by atoms with Crippen molar-refractivity contribution in [2.24, 2.45) is 0 Å². The van der Waals surface area contributed by atoms with Gasteiger partial charge in [-0.05, 0) is 30.3 Å². The number of hydrogen-bond acceptors (Lipinski definition) is 4. The van der Waals surface area contributed by atoms with Gasteiger partial charge in [0.25, 0.3) is 0 Å². The molecule has 3 aromatic rings. The third kappa shape index (κ3) is 4.22. The molecular weight excluding hydrogens is 330 g/mol. The van der Waals surface area contributed by atoms with Crippen LogP contribution in [0.15, 0.2) is 60.9 Å². The Hall–Kier alpha value is -3.28. The van der Waals surface area contributed by atoms with E-state index in [0.29, 0.717) is 18.0 Å². The molecule has 0 saturated carbocycles. The van der Waals surface area contributed by atoms with Gasteiger partial charge in [-0.3, -0.25) is 4.79 Å². The minimum absolute atomic E-state index is 0.0935. The second kappa shape index (κ2) is 8.20. The molecule has 134 valence electrons. The first kappa shape index (κ1) is 17.5. The zero-order chi connectivity index (χ0) is 18.4. The maximum absolute atomic E-state index is 12.3.